The first kappa shape index (κ1) is 18.5. The highest BCUT2D eigenvalue weighted by Gasteiger charge is 2.23. The van der Waals surface area contributed by atoms with Gasteiger partial charge < -0.3 is 9.64 Å². The number of benzene rings is 2. The molecule has 0 atom stereocenters. The minimum atomic E-state index is 0.699. The van der Waals surface area contributed by atoms with Gasteiger partial charge in [0, 0.05) is 26.2 Å². The summed E-state index contributed by atoms with van der Waals surface area (Å²) in [6, 6.07) is 19.0. The lowest BCUT2D eigenvalue weighted by atomic mass is 10.0. The van der Waals surface area contributed by atoms with Crippen LogP contribution in [0.3, 0.4) is 0 Å². The van der Waals surface area contributed by atoms with E-state index in [1.807, 2.05) is 22.9 Å². The van der Waals surface area contributed by atoms with Gasteiger partial charge in [-0.2, -0.15) is 0 Å². The van der Waals surface area contributed by atoms with Crippen LogP contribution in [0.1, 0.15) is 11.1 Å². The molecule has 1 fully saturated rings. The fourth-order valence-electron chi connectivity index (χ4n) is 4.12. The molecule has 0 saturated carbocycles. The highest BCUT2D eigenvalue weighted by atomic mass is 32.1. The number of hydrogen-bond acceptors (Lipinski definition) is 5. The van der Waals surface area contributed by atoms with E-state index in [0.29, 0.717) is 6.67 Å². The fraction of sp³-hybridized carbons (Fsp3) is 0.364. The number of anilines is 1. The summed E-state index contributed by atoms with van der Waals surface area (Å²) in [5, 5.41) is 4.96. The minimum absolute atomic E-state index is 0.699. The van der Waals surface area contributed by atoms with Crippen LogP contribution in [0.15, 0.2) is 54.6 Å². The lowest BCUT2D eigenvalue weighted by Gasteiger charge is -2.28. The topological polar surface area (TPSA) is 38.5 Å². The molecule has 150 valence electrons. The number of ether oxygens (including phenoxy) is 1. The molecule has 0 N–H and O–H groups in total. The normalized spacial score (nSPS) is 17.3. The van der Waals surface area contributed by atoms with Gasteiger partial charge in [0.25, 0.3) is 0 Å². The van der Waals surface area contributed by atoms with Gasteiger partial charge >= 0.3 is 0 Å². The zero-order chi connectivity index (χ0) is 19.6. The first-order valence-corrected chi connectivity index (χ1v) is 10.6. The molecule has 0 amide bonds. The van der Waals surface area contributed by atoms with Crippen LogP contribution in [-0.4, -0.2) is 52.1 Å². The van der Waals surface area contributed by atoms with E-state index in [9.17, 15) is 0 Å². The Balaban J connectivity index is 1.47. The van der Waals surface area contributed by atoms with Crippen molar-refractivity contribution in [1.29, 1.82) is 0 Å². The van der Waals surface area contributed by atoms with Crippen molar-refractivity contribution in [2.75, 3.05) is 37.7 Å². The van der Waals surface area contributed by atoms with Crippen molar-refractivity contribution in [2.45, 2.75) is 19.6 Å². The van der Waals surface area contributed by atoms with Crippen LogP contribution in [0.5, 0.6) is 0 Å². The zero-order valence-corrected chi connectivity index (χ0v) is 17.2. The third-order valence-corrected chi connectivity index (χ3v) is 6.07. The second kappa shape index (κ2) is 8.10. The van der Waals surface area contributed by atoms with Crippen LogP contribution >= 0.6 is 12.2 Å². The zero-order valence-electron chi connectivity index (χ0n) is 16.4. The van der Waals surface area contributed by atoms with Crippen molar-refractivity contribution in [1.82, 2.24) is 19.2 Å². The molecular formula is C22H25N5OS. The summed E-state index contributed by atoms with van der Waals surface area (Å²) in [4.78, 5) is 4.69. The minimum Gasteiger partial charge on any atom is -0.378 e. The van der Waals surface area contributed by atoms with Gasteiger partial charge in [-0.3, -0.25) is 9.47 Å². The molecule has 2 aromatic carbocycles. The van der Waals surface area contributed by atoms with Crippen LogP contribution < -0.4 is 4.90 Å². The highest BCUT2D eigenvalue weighted by molar-refractivity contribution is 7.71. The second-order valence-electron chi connectivity index (χ2n) is 7.57. The molecule has 0 aliphatic carbocycles. The first-order chi connectivity index (χ1) is 14.3. The summed E-state index contributed by atoms with van der Waals surface area (Å²) >= 11 is 5.89. The average molecular weight is 408 g/mol. The standard InChI is InChI=1S/C22H25N5OS/c29-22-26(17-24-11-10-18-6-4-5-7-19(18)16-24)23-21(25-12-14-28-15-13-25)27(22)20-8-2-1-3-9-20/h1-9H,10-17H2. The molecule has 0 radical (unpaired) electrons. The Morgan fingerprint density at radius 3 is 2.41 bits per heavy atom. The molecule has 0 unspecified atom stereocenters. The summed E-state index contributed by atoms with van der Waals surface area (Å²) < 4.78 is 10.3. The van der Waals surface area contributed by atoms with Crippen LogP contribution in [0.25, 0.3) is 5.69 Å². The number of aromatic nitrogens is 3. The molecule has 5 rings (SSSR count). The monoisotopic (exact) mass is 407 g/mol. The Kier molecular flexibility index (Phi) is 5.18. The number of fused-ring (bicyclic) bond motifs is 1. The Hall–Kier alpha value is -2.48. The van der Waals surface area contributed by atoms with Crippen LogP contribution in [-0.2, 0) is 24.4 Å². The van der Waals surface area contributed by atoms with Crippen molar-refractivity contribution in [3.05, 3.63) is 70.5 Å². The summed E-state index contributed by atoms with van der Waals surface area (Å²) in [5.74, 6) is 0.905. The van der Waals surface area contributed by atoms with Crippen LogP contribution in [0.2, 0.25) is 0 Å². The van der Waals surface area contributed by atoms with Gasteiger partial charge in [0.2, 0.25) is 10.7 Å². The maximum atomic E-state index is 5.89. The second-order valence-corrected chi connectivity index (χ2v) is 7.93. The Morgan fingerprint density at radius 2 is 1.62 bits per heavy atom. The van der Waals surface area contributed by atoms with Gasteiger partial charge in [-0.15, -0.1) is 5.10 Å². The Morgan fingerprint density at radius 1 is 0.897 bits per heavy atom. The third kappa shape index (κ3) is 3.73. The Labute approximate surface area is 175 Å². The van der Waals surface area contributed by atoms with E-state index in [1.165, 1.54) is 11.1 Å². The maximum absolute atomic E-state index is 5.89. The highest BCUT2D eigenvalue weighted by Crippen LogP contribution is 2.23. The van der Waals surface area contributed by atoms with E-state index >= 15 is 0 Å². The summed E-state index contributed by atoms with van der Waals surface area (Å²) in [5.41, 5.74) is 3.91. The molecule has 6 nitrogen and oxygen atoms in total. The molecular weight excluding hydrogens is 382 g/mol. The molecule has 0 spiro atoms. The van der Waals surface area contributed by atoms with Crippen molar-refractivity contribution >= 4 is 18.2 Å². The van der Waals surface area contributed by atoms with Crippen LogP contribution in [0.4, 0.5) is 5.95 Å². The maximum Gasteiger partial charge on any atom is 0.230 e. The smallest absolute Gasteiger partial charge is 0.230 e. The first-order valence-electron chi connectivity index (χ1n) is 10.2. The van der Waals surface area contributed by atoms with Gasteiger partial charge in [0.05, 0.1) is 25.6 Å². The molecule has 0 bridgehead atoms. The van der Waals surface area contributed by atoms with E-state index in [1.54, 1.807) is 0 Å². The van der Waals surface area contributed by atoms with Gasteiger partial charge in [-0.1, -0.05) is 42.5 Å². The molecule has 3 heterocycles. The quantitative estimate of drug-likeness (QED) is 0.621. The molecule has 2 aliphatic rings. The largest absolute Gasteiger partial charge is 0.378 e. The number of hydrogen-bond donors (Lipinski definition) is 0. The van der Waals surface area contributed by atoms with E-state index in [-0.39, 0.29) is 0 Å². The molecule has 1 saturated heterocycles. The van der Waals surface area contributed by atoms with Crippen molar-refractivity contribution in [3.63, 3.8) is 0 Å². The van der Waals surface area contributed by atoms with Crippen molar-refractivity contribution < 1.29 is 4.74 Å². The average Bonchev–Trinajstić information content (AvgIpc) is 3.11. The summed E-state index contributed by atoms with van der Waals surface area (Å²) in [6.07, 6.45) is 1.07. The van der Waals surface area contributed by atoms with Crippen LogP contribution in [0, 0.1) is 4.77 Å². The molecule has 3 aromatic rings. The lowest BCUT2D eigenvalue weighted by Crippen LogP contribution is -2.38. The van der Waals surface area contributed by atoms with Gasteiger partial charge in [0.1, 0.15) is 0 Å². The number of morpholine rings is 1. The molecule has 1 aromatic heterocycles. The SMILES string of the molecule is S=c1n(CN2CCc3ccccc3C2)nc(N2CCOCC2)n1-c1ccccc1. The summed E-state index contributed by atoms with van der Waals surface area (Å²) in [6.45, 7) is 5.75. The van der Waals surface area contributed by atoms with Gasteiger partial charge in [-0.05, 0) is 41.9 Å². The van der Waals surface area contributed by atoms with Crippen molar-refractivity contribution in [2.24, 2.45) is 0 Å². The molecule has 7 heteroatoms. The van der Waals surface area contributed by atoms with Crippen molar-refractivity contribution in [3.8, 4) is 5.69 Å². The summed E-state index contributed by atoms with van der Waals surface area (Å²) in [7, 11) is 0. The van der Waals surface area contributed by atoms with Gasteiger partial charge in [-0.25, -0.2) is 4.68 Å². The predicted molar refractivity (Wildman–Crippen MR) is 116 cm³/mol. The van der Waals surface area contributed by atoms with Gasteiger partial charge in [0.15, 0.2) is 0 Å². The number of rotatable bonds is 4. The van der Waals surface area contributed by atoms with E-state index in [4.69, 9.17) is 22.1 Å². The van der Waals surface area contributed by atoms with E-state index in [0.717, 1.165) is 62.2 Å². The Bertz CT molecular complexity index is 1040. The van der Waals surface area contributed by atoms with E-state index < -0.39 is 0 Å². The fourth-order valence-corrected chi connectivity index (χ4v) is 4.41. The third-order valence-electron chi connectivity index (χ3n) is 5.67. The lowest BCUT2D eigenvalue weighted by molar-refractivity contribution is 0.121. The number of nitrogens with zero attached hydrogens (tertiary/aromatic N) is 5. The number of para-hydroxylation sites is 1. The predicted octanol–water partition coefficient (Wildman–Crippen LogP) is 3.26. The molecule has 29 heavy (non-hydrogen) atoms. The van der Waals surface area contributed by atoms with E-state index in [2.05, 4.69) is 50.8 Å². The molecule has 2 aliphatic heterocycles.